The highest BCUT2D eigenvalue weighted by Crippen LogP contribution is 2.30. The van der Waals surface area contributed by atoms with Crippen molar-refractivity contribution < 1.29 is 23.5 Å². The first kappa shape index (κ1) is 16.5. The van der Waals surface area contributed by atoms with E-state index in [1.54, 1.807) is 0 Å². The second-order valence-corrected chi connectivity index (χ2v) is 5.58. The molecule has 7 heteroatoms. The number of benzene rings is 2. The molecule has 1 atom stereocenters. The van der Waals surface area contributed by atoms with Crippen molar-refractivity contribution in [1.29, 1.82) is 0 Å². The molecule has 3 aromatic rings. The molecule has 0 bridgehead atoms. The van der Waals surface area contributed by atoms with E-state index >= 15 is 0 Å². The summed E-state index contributed by atoms with van der Waals surface area (Å²) >= 11 is 0. The minimum Gasteiger partial charge on any atom is -0.464 e. The van der Waals surface area contributed by atoms with Gasteiger partial charge in [-0.25, -0.2) is 4.79 Å². The zero-order valence-corrected chi connectivity index (χ0v) is 13.4. The lowest BCUT2D eigenvalue weighted by Crippen LogP contribution is -2.42. The van der Waals surface area contributed by atoms with Gasteiger partial charge in [0, 0.05) is 10.9 Å². The van der Waals surface area contributed by atoms with Gasteiger partial charge in [0.15, 0.2) is 6.10 Å². The van der Waals surface area contributed by atoms with Gasteiger partial charge in [-0.1, -0.05) is 30.3 Å². The van der Waals surface area contributed by atoms with Crippen LogP contribution >= 0.6 is 0 Å². The first-order valence-electron chi connectivity index (χ1n) is 7.63. The van der Waals surface area contributed by atoms with E-state index in [1.807, 2.05) is 41.7 Å². The Morgan fingerprint density at radius 1 is 1.20 bits per heavy atom. The molecule has 0 aliphatic rings. The zero-order chi connectivity index (χ0) is 18.0. The smallest absolute Gasteiger partial charge is 0.318 e. The summed E-state index contributed by atoms with van der Waals surface area (Å²) in [6.07, 6.45) is 0.316. The Morgan fingerprint density at radius 3 is 2.72 bits per heavy atom. The molecule has 1 aromatic heterocycles. The fourth-order valence-electron chi connectivity index (χ4n) is 2.68. The molecule has 3 N–H and O–H groups in total. The number of primary amides is 1. The van der Waals surface area contributed by atoms with Gasteiger partial charge in [-0.05, 0) is 23.8 Å². The average Bonchev–Trinajstić information content (AvgIpc) is 2.97. The second-order valence-electron chi connectivity index (χ2n) is 5.58. The molecule has 0 unspecified atom stereocenters. The van der Waals surface area contributed by atoms with Gasteiger partial charge in [-0.2, -0.15) is 0 Å². The normalized spacial score (nSPS) is 12.0. The van der Waals surface area contributed by atoms with E-state index in [1.165, 1.54) is 13.2 Å². The molecular formula is C18H16N2O5. The van der Waals surface area contributed by atoms with Crippen LogP contribution in [0.15, 0.2) is 47.1 Å². The topological polar surface area (TPSA) is 112 Å². The zero-order valence-electron chi connectivity index (χ0n) is 13.4. The van der Waals surface area contributed by atoms with Gasteiger partial charge in [0.25, 0.3) is 5.91 Å². The van der Waals surface area contributed by atoms with Crippen LogP contribution in [0, 0.1) is 0 Å². The number of urea groups is 1. The molecule has 0 aliphatic heterocycles. The number of carbonyl (C=O) groups is 3. The number of furan rings is 1. The Morgan fingerprint density at radius 2 is 1.96 bits per heavy atom. The van der Waals surface area contributed by atoms with E-state index < -0.39 is 24.0 Å². The van der Waals surface area contributed by atoms with Crippen LogP contribution in [-0.4, -0.2) is 24.0 Å². The molecule has 2 aromatic carbocycles. The van der Waals surface area contributed by atoms with Crippen molar-refractivity contribution in [3.05, 3.63) is 48.2 Å². The maximum absolute atomic E-state index is 12.1. The molecular weight excluding hydrogens is 324 g/mol. The SMILES string of the molecule is C[C@H](OC(=O)Cc1coc2ccc3ccccc3c12)C(=O)NC(N)=O. The summed E-state index contributed by atoms with van der Waals surface area (Å²) in [7, 11) is 0. The van der Waals surface area contributed by atoms with Gasteiger partial charge in [0.05, 0.1) is 12.7 Å². The van der Waals surface area contributed by atoms with Crippen molar-refractivity contribution in [2.24, 2.45) is 5.73 Å². The summed E-state index contributed by atoms with van der Waals surface area (Å²) in [5.41, 5.74) is 6.20. The fourth-order valence-corrected chi connectivity index (χ4v) is 2.68. The predicted molar refractivity (Wildman–Crippen MR) is 90.7 cm³/mol. The first-order valence-corrected chi connectivity index (χ1v) is 7.63. The van der Waals surface area contributed by atoms with E-state index in [-0.39, 0.29) is 6.42 Å². The molecule has 3 rings (SSSR count). The quantitative estimate of drug-likeness (QED) is 0.708. The molecule has 128 valence electrons. The largest absolute Gasteiger partial charge is 0.464 e. The standard InChI is InChI=1S/C18H16N2O5/c1-10(17(22)20-18(19)23)25-15(21)8-12-9-24-14-7-6-11-4-2-3-5-13(11)16(12)14/h2-7,9-10H,8H2,1H3,(H3,19,20,22,23)/t10-/m0/s1. The summed E-state index contributed by atoms with van der Waals surface area (Å²) in [6, 6.07) is 10.6. The van der Waals surface area contributed by atoms with Crippen molar-refractivity contribution in [2.75, 3.05) is 0 Å². The van der Waals surface area contributed by atoms with Gasteiger partial charge in [-0.3, -0.25) is 14.9 Å². The summed E-state index contributed by atoms with van der Waals surface area (Å²) in [5.74, 6) is -1.38. The minimum atomic E-state index is -1.13. The highest BCUT2D eigenvalue weighted by atomic mass is 16.5. The maximum atomic E-state index is 12.1. The number of amides is 3. The summed E-state index contributed by atoms with van der Waals surface area (Å²) in [5, 5.41) is 4.70. The number of hydrogen-bond donors (Lipinski definition) is 2. The Labute approximate surface area is 142 Å². The van der Waals surface area contributed by atoms with Gasteiger partial charge in [0.2, 0.25) is 0 Å². The highest BCUT2D eigenvalue weighted by Gasteiger charge is 2.20. The number of esters is 1. The monoisotopic (exact) mass is 340 g/mol. The lowest BCUT2D eigenvalue weighted by Gasteiger charge is -2.11. The van der Waals surface area contributed by atoms with Crippen LogP contribution in [-0.2, 0) is 20.7 Å². The minimum absolute atomic E-state index is 0.0603. The van der Waals surface area contributed by atoms with Crippen molar-refractivity contribution >= 4 is 39.6 Å². The van der Waals surface area contributed by atoms with Gasteiger partial charge >= 0.3 is 12.0 Å². The number of carbonyl (C=O) groups excluding carboxylic acids is 3. The average molecular weight is 340 g/mol. The highest BCUT2D eigenvalue weighted by molar-refractivity contribution is 6.08. The molecule has 0 radical (unpaired) electrons. The number of ether oxygens (including phenoxy) is 1. The summed E-state index contributed by atoms with van der Waals surface area (Å²) < 4.78 is 10.6. The molecule has 0 aliphatic carbocycles. The third-order valence-corrected chi connectivity index (χ3v) is 3.80. The molecule has 7 nitrogen and oxygen atoms in total. The van der Waals surface area contributed by atoms with Crippen LogP contribution in [0.3, 0.4) is 0 Å². The number of hydrogen-bond acceptors (Lipinski definition) is 5. The van der Waals surface area contributed by atoms with E-state index in [0.717, 1.165) is 16.2 Å². The Bertz CT molecular complexity index is 976. The number of nitrogens with one attached hydrogen (secondary N) is 1. The number of rotatable bonds is 4. The van der Waals surface area contributed by atoms with Crippen molar-refractivity contribution in [3.63, 3.8) is 0 Å². The third-order valence-electron chi connectivity index (χ3n) is 3.80. The molecule has 0 spiro atoms. The van der Waals surface area contributed by atoms with Crippen molar-refractivity contribution in [1.82, 2.24) is 5.32 Å². The lowest BCUT2D eigenvalue weighted by atomic mass is 10.0. The Kier molecular flexibility index (Phi) is 4.38. The van der Waals surface area contributed by atoms with E-state index in [0.29, 0.717) is 11.1 Å². The molecule has 1 heterocycles. The van der Waals surface area contributed by atoms with Crippen LogP contribution in [0.2, 0.25) is 0 Å². The van der Waals surface area contributed by atoms with Gasteiger partial charge in [0.1, 0.15) is 5.58 Å². The van der Waals surface area contributed by atoms with Crippen molar-refractivity contribution in [2.45, 2.75) is 19.4 Å². The first-order chi connectivity index (χ1) is 12.0. The molecule has 0 saturated carbocycles. The van der Waals surface area contributed by atoms with E-state index in [2.05, 4.69) is 0 Å². The van der Waals surface area contributed by atoms with Gasteiger partial charge < -0.3 is 14.9 Å². The molecule has 25 heavy (non-hydrogen) atoms. The van der Waals surface area contributed by atoms with E-state index in [9.17, 15) is 14.4 Å². The fraction of sp³-hybridized carbons (Fsp3) is 0.167. The van der Waals surface area contributed by atoms with E-state index in [4.69, 9.17) is 14.9 Å². The molecule has 3 amide bonds. The van der Waals surface area contributed by atoms with Gasteiger partial charge in [-0.15, -0.1) is 0 Å². The number of imide groups is 1. The lowest BCUT2D eigenvalue weighted by molar-refractivity contribution is -0.153. The predicted octanol–water partition coefficient (Wildman–Crippen LogP) is 2.26. The summed E-state index contributed by atoms with van der Waals surface area (Å²) in [6.45, 7) is 1.36. The Balaban J connectivity index is 1.81. The Hall–Kier alpha value is -3.35. The summed E-state index contributed by atoms with van der Waals surface area (Å²) in [4.78, 5) is 34.4. The third kappa shape index (κ3) is 3.45. The number of fused-ring (bicyclic) bond motifs is 3. The number of nitrogens with two attached hydrogens (primary N) is 1. The van der Waals surface area contributed by atoms with Crippen LogP contribution in [0.25, 0.3) is 21.7 Å². The maximum Gasteiger partial charge on any atom is 0.318 e. The second kappa shape index (κ2) is 6.64. The van der Waals surface area contributed by atoms with Crippen LogP contribution in [0.5, 0.6) is 0 Å². The molecule has 0 saturated heterocycles. The van der Waals surface area contributed by atoms with Crippen LogP contribution in [0.4, 0.5) is 4.79 Å². The molecule has 0 fully saturated rings. The van der Waals surface area contributed by atoms with Crippen molar-refractivity contribution in [3.8, 4) is 0 Å². The van der Waals surface area contributed by atoms with Crippen LogP contribution in [0.1, 0.15) is 12.5 Å². The van der Waals surface area contributed by atoms with Crippen LogP contribution < -0.4 is 11.1 Å².